The average molecular weight is 632 g/mol. The molecule has 0 saturated heterocycles. The van der Waals surface area contributed by atoms with Gasteiger partial charge in [-0.15, -0.1) is 0 Å². The minimum atomic E-state index is -1.32. The van der Waals surface area contributed by atoms with E-state index in [0.29, 0.717) is 5.56 Å². The Bertz CT molecular complexity index is 1650. The number of carbonyl (C=O) groups excluding carboxylic acids is 4. The Morgan fingerprint density at radius 1 is 0.717 bits per heavy atom. The molecule has 3 aromatic rings. The summed E-state index contributed by atoms with van der Waals surface area (Å²) in [5, 5.41) is 18.9. The number of para-hydroxylation sites is 1. The van der Waals surface area contributed by atoms with Gasteiger partial charge >= 0.3 is 5.97 Å². The number of carboxylic acids is 1. The second kappa shape index (κ2) is 16.7. The number of nitrogens with one attached hydrogen (secondary N) is 3. The van der Waals surface area contributed by atoms with E-state index in [1.54, 1.807) is 24.3 Å². The third-order valence-corrected chi connectivity index (χ3v) is 6.76. The molecule has 12 N–H and O–H groups in total. The van der Waals surface area contributed by atoms with Crippen LogP contribution in [0.3, 0.4) is 0 Å². The lowest BCUT2D eigenvalue weighted by Crippen LogP contribution is -2.52. The molecular weight excluding hydrogens is 594 g/mol. The molecule has 3 amide bonds. The van der Waals surface area contributed by atoms with Gasteiger partial charge in [0.1, 0.15) is 12.1 Å². The predicted octanol–water partition coefficient (Wildman–Crippen LogP) is 0.436. The fraction of sp³-hybridized carbons (Fsp3) is 0.258. The maximum absolute atomic E-state index is 13.3. The van der Waals surface area contributed by atoms with Gasteiger partial charge in [-0.05, 0) is 60.7 Å². The summed E-state index contributed by atoms with van der Waals surface area (Å²) < 4.78 is 0. The zero-order chi connectivity index (χ0) is 33.6. The van der Waals surface area contributed by atoms with E-state index in [4.69, 9.17) is 22.9 Å². The summed E-state index contributed by atoms with van der Waals surface area (Å²) in [5.41, 5.74) is 21.6. The topological polar surface area (TPSA) is 270 Å². The molecule has 0 spiro atoms. The van der Waals surface area contributed by atoms with Crippen molar-refractivity contribution in [3.63, 3.8) is 0 Å². The minimum absolute atomic E-state index is 0.00423. The van der Waals surface area contributed by atoms with Crippen molar-refractivity contribution in [1.29, 1.82) is 0 Å². The van der Waals surface area contributed by atoms with Crippen LogP contribution < -0.4 is 38.9 Å². The van der Waals surface area contributed by atoms with Crippen molar-refractivity contribution in [3.8, 4) is 0 Å². The Kier molecular flexibility index (Phi) is 12.6. The van der Waals surface area contributed by atoms with Crippen molar-refractivity contribution < 1.29 is 29.1 Å². The monoisotopic (exact) mass is 631 g/mol. The van der Waals surface area contributed by atoms with Crippen LogP contribution in [0, 0.1) is 0 Å². The third kappa shape index (κ3) is 10.3. The summed E-state index contributed by atoms with van der Waals surface area (Å²) in [6, 6.07) is 16.0. The van der Waals surface area contributed by atoms with Crippen LogP contribution in [0.4, 0.5) is 5.69 Å². The van der Waals surface area contributed by atoms with Gasteiger partial charge in [0, 0.05) is 18.7 Å². The highest BCUT2D eigenvalue weighted by Gasteiger charge is 2.29. The summed E-state index contributed by atoms with van der Waals surface area (Å²) >= 11 is 0. The van der Waals surface area contributed by atoms with Gasteiger partial charge < -0.3 is 44.0 Å². The Hall–Kier alpha value is -5.99. The SMILES string of the molecule is NC(N)=NCCC[C@H](NC(=O)[C@H](CCCN=C(N)N)NC(=O)C(=O)c1ccccc1NC(=O)c1ccc2ccccc2c1)C(=O)O. The number of carbonyl (C=O) groups is 5. The third-order valence-electron chi connectivity index (χ3n) is 6.76. The first-order valence-corrected chi connectivity index (χ1v) is 14.3. The number of aliphatic carboxylic acids is 1. The smallest absolute Gasteiger partial charge is 0.326 e. The highest BCUT2D eigenvalue weighted by Crippen LogP contribution is 2.20. The maximum atomic E-state index is 13.3. The standard InChI is InChI=1S/C31H37N9O6/c32-30(33)36-15-5-11-23(27(43)40-24(29(45)46)12-6-16-37-31(34)35)39-28(44)25(41)21-9-3-4-10-22(21)38-26(42)20-14-13-18-7-1-2-8-19(18)17-20/h1-4,7-10,13-14,17,23-24H,5-6,11-12,15-16H2,(H,38,42)(H,39,44)(H,40,43)(H,45,46)(H4,32,33,36)(H4,34,35,37)/t23-,24-/m0/s1. The zero-order valence-electron chi connectivity index (χ0n) is 24.9. The number of rotatable bonds is 16. The first kappa shape index (κ1) is 34.5. The molecule has 15 heteroatoms. The number of hydrogen-bond donors (Lipinski definition) is 8. The molecule has 0 bridgehead atoms. The van der Waals surface area contributed by atoms with E-state index in [1.165, 1.54) is 18.2 Å². The summed E-state index contributed by atoms with van der Waals surface area (Å²) in [4.78, 5) is 72.2. The molecule has 0 aliphatic heterocycles. The van der Waals surface area contributed by atoms with Crippen LogP contribution >= 0.6 is 0 Å². The Labute approximate surface area is 264 Å². The Balaban J connectivity index is 1.75. The molecule has 242 valence electrons. The molecule has 3 rings (SSSR count). The lowest BCUT2D eigenvalue weighted by Gasteiger charge is -2.21. The Morgan fingerprint density at radius 3 is 1.93 bits per heavy atom. The quantitative estimate of drug-likeness (QED) is 0.0355. The molecular formula is C31H37N9O6. The van der Waals surface area contributed by atoms with Crippen molar-refractivity contribution in [2.75, 3.05) is 18.4 Å². The lowest BCUT2D eigenvalue weighted by atomic mass is 10.0. The van der Waals surface area contributed by atoms with Crippen LogP contribution in [0.2, 0.25) is 0 Å². The first-order valence-electron chi connectivity index (χ1n) is 14.3. The first-order chi connectivity index (χ1) is 22.0. The number of nitrogens with zero attached hydrogens (tertiary/aromatic N) is 2. The predicted molar refractivity (Wildman–Crippen MR) is 174 cm³/mol. The van der Waals surface area contributed by atoms with E-state index in [1.807, 2.05) is 24.3 Å². The molecule has 0 aliphatic rings. The molecule has 0 fully saturated rings. The number of guanidine groups is 2. The average Bonchev–Trinajstić information content (AvgIpc) is 3.03. The van der Waals surface area contributed by atoms with Crippen molar-refractivity contribution in [1.82, 2.24) is 10.6 Å². The van der Waals surface area contributed by atoms with Crippen molar-refractivity contribution >= 4 is 57.9 Å². The molecule has 3 aromatic carbocycles. The lowest BCUT2D eigenvalue weighted by molar-refractivity contribution is -0.142. The largest absolute Gasteiger partial charge is 0.480 e. The maximum Gasteiger partial charge on any atom is 0.326 e. The van der Waals surface area contributed by atoms with Gasteiger partial charge in [-0.3, -0.25) is 29.2 Å². The highest BCUT2D eigenvalue weighted by atomic mass is 16.4. The summed E-state index contributed by atoms with van der Waals surface area (Å²) in [6.07, 6.45) is 0.431. The summed E-state index contributed by atoms with van der Waals surface area (Å²) in [5.74, 6) is -5.14. The molecule has 0 aromatic heterocycles. The fourth-order valence-corrected chi connectivity index (χ4v) is 4.47. The van der Waals surface area contributed by atoms with Crippen LogP contribution in [-0.2, 0) is 14.4 Å². The second-order valence-electron chi connectivity index (χ2n) is 10.2. The van der Waals surface area contributed by atoms with Gasteiger partial charge in [0.05, 0.1) is 11.3 Å². The molecule has 0 radical (unpaired) electrons. The molecule has 0 saturated carbocycles. The van der Waals surface area contributed by atoms with Gasteiger partial charge in [-0.25, -0.2) is 4.79 Å². The van der Waals surface area contributed by atoms with Gasteiger partial charge in [-0.2, -0.15) is 0 Å². The second-order valence-corrected chi connectivity index (χ2v) is 10.2. The number of carboxylic acid groups (broad SMARTS) is 1. The highest BCUT2D eigenvalue weighted by molar-refractivity contribution is 6.44. The van der Waals surface area contributed by atoms with Gasteiger partial charge in [0.25, 0.3) is 17.6 Å². The van der Waals surface area contributed by atoms with Crippen LogP contribution in [0.5, 0.6) is 0 Å². The number of aliphatic imine (C=N–C) groups is 2. The number of fused-ring (bicyclic) bond motifs is 1. The van der Waals surface area contributed by atoms with Crippen LogP contribution in [0.15, 0.2) is 76.7 Å². The number of Topliss-reactive ketones (excluding diaryl/α,β-unsaturated/α-hetero) is 1. The number of nitrogens with two attached hydrogens (primary N) is 4. The van der Waals surface area contributed by atoms with E-state index < -0.39 is 41.6 Å². The van der Waals surface area contributed by atoms with E-state index >= 15 is 0 Å². The van der Waals surface area contributed by atoms with Crippen molar-refractivity contribution in [2.45, 2.75) is 37.8 Å². The molecule has 46 heavy (non-hydrogen) atoms. The van der Waals surface area contributed by atoms with E-state index in [2.05, 4.69) is 25.9 Å². The number of ketones is 1. The molecule has 0 unspecified atom stereocenters. The van der Waals surface area contributed by atoms with Gasteiger partial charge in [0.15, 0.2) is 11.9 Å². The van der Waals surface area contributed by atoms with Crippen LogP contribution in [-0.4, -0.2) is 71.7 Å². The molecule has 0 aliphatic carbocycles. The van der Waals surface area contributed by atoms with Gasteiger partial charge in [-0.1, -0.05) is 42.5 Å². The number of anilines is 1. The minimum Gasteiger partial charge on any atom is -0.480 e. The number of amides is 3. The van der Waals surface area contributed by atoms with E-state index in [-0.39, 0.29) is 61.9 Å². The fourth-order valence-electron chi connectivity index (χ4n) is 4.47. The number of benzene rings is 3. The van der Waals surface area contributed by atoms with Crippen LogP contribution in [0.1, 0.15) is 46.4 Å². The van der Waals surface area contributed by atoms with Crippen molar-refractivity contribution in [3.05, 3.63) is 77.9 Å². The Morgan fingerprint density at radius 2 is 1.30 bits per heavy atom. The molecule has 2 atom stereocenters. The van der Waals surface area contributed by atoms with E-state index in [9.17, 15) is 29.1 Å². The summed E-state index contributed by atoms with van der Waals surface area (Å²) in [7, 11) is 0. The van der Waals surface area contributed by atoms with Gasteiger partial charge in [0.2, 0.25) is 5.91 Å². The van der Waals surface area contributed by atoms with Crippen molar-refractivity contribution in [2.24, 2.45) is 32.9 Å². The summed E-state index contributed by atoms with van der Waals surface area (Å²) in [6.45, 7) is 0.256. The zero-order valence-corrected chi connectivity index (χ0v) is 24.9. The molecule has 0 heterocycles. The molecule has 15 nitrogen and oxygen atoms in total. The normalized spacial score (nSPS) is 11.8. The van der Waals surface area contributed by atoms with Crippen LogP contribution in [0.25, 0.3) is 10.8 Å². The van der Waals surface area contributed by atoms with E-state index in [0.717, 1.165) is 10.8 Å². The number of hydrogen-bond acceptors (Lipinski definition) is 7.